The van der Waals surface area contributed by atoms with Gasteiger partial charge in [0.1, 0.15) is 0 Å². The maximum atomic E-state index is 3.75. The second-order valence-corrected chi connectivity index (χ2v) is 6.59. The van der Waals surface area contributed by atoms with E-state index in [2.05, 4.69) is 37.8 Å². The lowest BCUT2D eigenvalue weighted by Crippen LogP contribution is -2.37. The summed E-state index contributed by atoms with van der Waals surface area (Å²) in [5.41, 5.74) is 0. The Labute approximate surface area is 113 Å². The van der Waals surface area contributed by atoms with Crippen LogP contribution in [0.25, 0.3) is 0 Å². The van der Waals surface area contributed by atoms with E-state index in [-0.39, 0.29) is 0 Å². The van der Waals surface area contributed by atoms with Crippen LogP contribution < -0.4 is 5.32 Å². The fourth-order valence-corrected chi connectivity index (χ4v) is 4.25. The lowest BCUT2D eigenvalue weighted by molar-refractivity contribution is 0.293. The highest BCUT2D eigenvalue weighted by atomic mass is 32.2. The van der Waals surface area contributed by atoms with Gasteiger partial charge in [0.25, 0.3) is 0 Å². The van der Waals surface area contributed by atoms with Gasteiger partial charge in [0, 0.05) is 6.04 Å². The highest BCUT2D eigenvalue weighted by Crippen LogP contribution is 2.30. The van der Waals surface area contributed by atoms with Crippen molar-refractivity contribution in [3.63, 3.8) is 0 Å². The topological polar surface area (TPSA) is 12.0 Å². The van der Waals surface area contributed by atoms with Crippen LogP contribution in [0.2, 0.25) is 0 Å². The molecule has 1 aliphatic rings. The van der Waals surface area contributed by atoms with E-state index < -0.39 is 0 Å². The summed E-state index contributed by atoms with van der Waals surface area (Å²) in [6, 6.07) is 0.789. The quantitative estimate of drug-likeness (QED) is 0.660. The molecule has 0 saturated carbocycles. The van der Waals surface area contributed by atoms with Crippen LogP contribution in [-0.2, 0) is 0 Å². The summed E-state index contributed by atoms with van der Waals surface area (Å²) in [4.78, 5) is 0. The van der Waals surface area contributed by atoms with E-state index in [9.17, 15) is 0 Å². The average Bonchev–Trinajstić information content (AvgIpc) is 2.87. The molecule has 0 amide bonds. The van der Waals surface area contributed by atoms with Crippen molar-refractivity contribution < 1.29 is 0 Å². The van der Waals surface area contributed by atoms with Gasteiger partial charge >= 0.3 is 0 Å². The van der Waals surface area contributed by atoms with E-state index in [1.54, 1.807) is 0 Å². The minimum Gasteiger partial charge on any atom is -0.314 e. The van der Waals surface area contributed by atoms with Crippen LogP contribution in [-0.4, -0.2) is 24.1 Å². The molecule has 2 heteroatoms. The first-order valence-electron chi connectivity index (χ1n) is 7.62. The average molecular weight is 257 g/mol. The Hall–Kier alpha value is 0.310. The molecular formula is C15H31NS. The third kappa shape index (κ3) is 5.65. The molecule has 1 rings (SSSR count). The fourth-order valence-electron chi connectivity index (χ4n) is 2.92. The van der Waals surface area contributed by atoms with Crippen LogP contribution in [0, 0.1) is 11.8 Å². The molecule has 1 fully saturated rings. The van der Waals surface area contributed by atoms with Gasteiger partial charge in [-0.15, -0.1) is 0 Å². The largest absolute Gasteiger partial charge is 0.314 e. The Balaban J connectivity index is 2.39. The van der Waals surface area contributed by atoms with Crippen molar-refractivity contribution in [2.75, 3.05) is 18.1 Å². The molecule has 1 N–H and O–H groups in total. The summed E-state index contributed by atoms with van der Waals surface area (Å²) in [6.07, 6.45) is 8.41. The number of rotatable bonds is 9. The van der Waals surface area contributed by atoms with Gasteiger partial charge in [-0.2, -0.15) is 11.8 Å². The van der Waals surface area contributed by atoms with E-state index in [0.717, 1.165) is 24.4 Å². The SMILES string of the molecule is CCCCC(CC)CC(NCC)C1CCSC1. The molecule has 1 nitrogen and oxygen atoms in total. The Bertz CT molecular complexity index is 178. The zero-order valence-corrected chi connectivity index (χ0v) is 12.8. The van der Waals surface area contributed by atoms with Gasteiger partial charge in [-0.25, -0.2) is 0 Å². The molecule has 1 aliphatic heterocycles. The van der Waals surface area contributed by atoms with Crippen molar-refractivity contribution in [2.45, 2.75) is 65.3 Å². The second kappa shape index (κ2) is 9.27. The van der Waals surface area contributed by atoms with Crippen LogP contribution in [0.5, 0.6) is 0 Å². The van der Waals surface area contributed by atoms with Crippen molar-refractivity contribution in [2.24, 2.45) is 11.8 Å². The van der Waals surface area contributed by atoms with Crippen molar-refractivity contribution in [1.29, 1.82) is 0 Å². The number of unbranched alkanes of at least 4 members (excludes halogenated alkanes) is 1. The van der Waals surface area contributed by atoms with Gasteiger partial charge in [-0.3, -0.25) is 0 Å². The van der Waals surface area contributed by atoms with Gasteiger partial charge in [0.2, 0.25) is 0 Å². The van der Waals surface area contributed by atoms with Gasteiger partial charge in [0.15, 0.2) is 0 Å². The summed E-state index contributed by atoms with van der Waals surface area (Å²) in [6.45, 7) is 8.06. The zero-order valence-electron chi connectivity index (χ0n) is 12.0. The summed E-state index contributed by atoms with van der Waals surface area (Å²) in [7, 11) is 0. The minimum absolute atomic E-state index is 0.789. The highest BCUT2D eigenvalue weighted by Gasteiger charge is 2.26. The molecule has 0 radical (unpaired) electrons. The first-order chi connectivity index (χ1) is 8.31. The van der Waals surface area contributed by atoms with Crippen molar-refractivity contribution in [3.8, 4) is 0 Å². The molecular weight excluding hydrogens is 226 g/mol. The number of hydrogen-bond acceptors (Lipinski definition) is 2. The maximum Gasteiger partial charge on any atom is 0.0106 e. The molecule has 0 aromatic carbocycles. The summed E-state index contributed by atoms with van der Waals surface area (Å²) in [5.74, 6) is 4.67. The van der Waals surface area contributed by atoms with E-state index in [4.69, 9.17) is 0 Å². The fraction of sp³-hybridized carbons (Fsp3) is 1.00. The molecule has 0 spiro atoms. The molecule has 0 aromatic heterocycles. The van der Waals surface area contributed by atoms with Crippen LogP contribution in [0.1, 0.15) is 59.3 Å². The first-order valence-corrected chi connectivity index (χ1v) is 8.78. The van der Waals surface area contributed by atoms with Crippen LogP contribution in [0.15, 0.2) is 0 Å². The first kappa shape index (κ1) is 15.4. The predicted octanol–water partition coefficient (Wildman–Crippen LogP) is 4.32. The van der Waals surface area contributed by atoms with Gasteiger partial charge in [0.05, 0.1) is 0 Å². The van der Waals surface area contributed by atoms with Crippen molar-refractivity contribution in [1.82, 2.24) is 5.32 Å². The van der Waals surface area contributed by atoms with Gasteiger partial charge < -0.3 is 5.32 Å². The summed E-state index contributed by atoms with van der Waals surface area (Å²) in [5, 5.41) is 3.75. The molecule has 0 aliphatic carbocycles. The highest BCUT2D eigenvalue weighted by molar-refractivity contribution is 7.99. The van der Waals surface area contributed by atoms with Crippen LogP contribution in [0.3, 0.4) is 0 Å². The number of nitrogens with one attached hydrogen (secondary N) is 1. The standard InChI is InChI=1S/C15H31NS/c1-4-7-8-13(5-2)11-15(16-6-3)14-9-10-17-12-14/h13-16H,4-12H2,1-3H3. The minimum atomic E-state index is 0.789. The van der Waals surface area contributed by atoms with Crippen LogP contribution in [0.4, 0.5) is 0 Å². The van der Waals surface area contributed by atoms with Crippen LogP contribution >= 0.6 is 11.8 Å². The molecule has 102 valence electrons. The molecule has 3 unspecified atom stereocenters. The van der Waals surface area contributed by atoms with E-state index >= 15 is 0 Å². The van der Waals surface area contributed by atoms with Crippen molar-refractivity contribution >= 4 is 11.8 Å². The molecule has 3 atom stereocenters. The maximum absolute atomic E-state index is 3.75. The van der Waals surface area contributed by atoms with E-state index in [1.807, 2.05) is 0 Å². The Morgan fingerprint density at radius 3 is 2.65 bits per heavy atom. The monoisotopic (exact) mass is 257 g/mol. The predicted molar refractivity (Wildman–Crippen MR) is 80.8 cm³/mol. The van der Waals surface area contributed by atoms with E-state index in [0.29, 0.717) is 0 Å². The Kier molecular flexibility index (Phi) is 8.38. The number of hydrogen-bond donors (Lipinski definition) is 1. The second-order valence-electron chi connectivity index (χ2n) is 5.44. The third-order valence-corrected chi connectivity index (χ3v) is 5.32. The summed E-state index contributed by atoms with van der Waals surface area (Å²) < 4.78 is 0. The molecule has 17 heavy (non-hydrogen) atoms. The lowest BCUT2D eigenvalue weighted by atomic mass is 9.86. The number of thioether (sulfide) groups is 1. The molecule has 0 bridgehead atoms. The lowest BCUT2D eigenvalue weighted by Gasteiger charge is -2.28. The van der Waals surface area contributed by atoms with Gasteiger partial charge in [-0.05, 0) is 42.7 Å². The normalized spacial score (nSPS) is 23.8. The summed E-state index contributed by atoms with van der Waals surface area (Å²) >= 11 is 2.15. The molecule has 1 heterocycles. The zero-order chi connectivity index (χ0) is 12.5. The smallest absolute Gasteiger partial charge is 0.0106 e. The molecule has 0 aromatic rings. The Morgan fingerprint density at radius 2 is 2.12 bits per heavy atom. The third-order valence-electron chi connectivity index (χ3n) is 4.13. The van der Waals surface area contributed by atoms with E-state index in [1.165, 1.54) is 50.0 Å². The Morgan fingerprint density at radius 1 is 1.29 bits per heavy atom. The van der Waals surface area contributed by atoms with Gasteiger partial charge in [-0.1, -0.05) is 46.5 Å². The molecule has 1 saturated heterocycles. The van der Waals surface area contributed by atoms with Crippen molar-refractivity contribution in [3.05, 3.63) is 0 Å².